The van der Waals surface area contributed by atoms with Gasteiger partial charge in [0.2, 0.25) is 0 Å². The number of hydrogen-bond donors (Lipinski definition) is 1. The first-order valence-electron chi connectivity index (χ1n) is 8.89. The first kappa shape index (κ1) is 16.0. The smallest absolute Gasteiger partial charge is 0.254 e. The summed E-state index contributed by atoms with van der Waals surface area (Å²) in [6, 6.07) is 2.70. The number of piperidine rings is 3. The quantitative estimate of drug-likeness (QED) is 0.438. The molecule has 1 saturated carbocycles. The van der Waals surface area contributed by atoms with Gasteiger partial charge in [-0.2, -0.15) is 0 Å². The van der Waals surface area contributed by atoms with Gasteiger partial charge in [0.15, 0.2) is 11.5 Å². The highest BCUT2D eigenvalue weighted by molar-refractivity contribution is 14.1. The summed E-state index contributed by atoms with van der Waals surface area (Å²) >= 11 is 2.41. The lowest BCUT2D eigenvalue weighted by atomic mass is 9.84. The van der Waals surface area contributed by atoms with Gasteiger partial charge in [0.25, 0.3) is 5.91 Å². The third kappa shape index (κ3) is 2.75. The highest BCUT2D eigenvalue weighted by Gasteiger charge is 2.42. The van der Waals surface area contributed by atoms with Crippen LogP contribution in [0.25, 0.3) is 11.1 Å². The largest absolute Gasteiger partial charge is 0.440 e. The molecule has 2 unspecified atom stereocenters. The lowest BCUT2D eigenvalue weighted by Crippen LogP contribution is -2.61. The number of halogens is 2. The van der Waals surface area contributed by atoms with Crippen LogP contribution in [0, 0.1) is 11.7 Å². The number of amides is 1. The second-order valence-electron chi connectivity index (χ2n) is 7.37. The molecule has 6 rings (SSSR count). The molecule has 1 N–H and O–H groups in total. The van der Waals surface area contributed by atoms with Crippen molar-refractivity contribution in [3.8, 4) is 0 Å². The summed E-state index contributed by atoms with van der Waals surface area (Å²) in [6.07, 6.45) is 4.32. The van der Waals surface area contributed by atoms with E-state index in [-0.39, 0.29) is 21.6 Å². The van der Waals surface area contributed by atoms with Gasteiger partial charge in [-0.05, 0) is 50.8 Å². The number of fused-ring (bicyclic) bond motifs is 4. The molecule has 7 heteroatoms. The molecule has 4 aliphatic rings. The second kappa shape index (κ2) is 5.90. The Morgan fingerprint density at radius 3 is 2.72 bits per heavy atom. The van der Waals surface area contributed by atoms with Gasteiger partial charge < -0.3 is 9.73 Å². The normalized spacial score (nSPS) is 31.4. The van der Waals surface area contributed by atoms with E-state index >= 15 is 0 Å². The summed E-state index contributed by atoms with van der Waals surface area (Å²) in [4.78, 5) is 19.8. The van der Waals surface area contributed by atoms with Crippen molar-refractivity contribution in [2.24, 2.45) is 5.92 Å². The number of carbonyl (C=O) groups is 1. The number of aromatic nitrogens is 1. The van der Waals surface area contributed by atoms with Crippen molar-refractivity contribution >= 4 is 39.6 Å². The third-order valence-corrected chi connectivity index (χ3v) is 7.24. The highest BCUT2D eigenvalue weighted by atomic mass is 127. The van der Waals surface area contributed by atoms with Crippen LogP contribution < -0.4 is 5.32 Å². The van der Waals surface area contributed by atoms with Crippen LogP contribution in [0.5, 0.6) is 0 Å². The Hall–Kier alpha value is -1.22. The van der Waals surface area contributed by atoms with Gasteiger partial charge in [-0.1, -0.05) is 22.6 Å². The van der Waals surface area contributed by atoms with Crippen molar-refractivity contribution in [2.45, 2.75) is 41.7 Å². The van der Waals surface area contributed by atoms with E-state index in [4.69, 9.17) is 4.42 Å². The summed E-state index contributed by atoms with van der Waals surface area (Å²) in [7, 11) is 0. The van der Waals surface area contributed by atoms with E-state index in [2.05, 4.69) is 37.8 Å². The fraction of sp³-hybridized carbons (Fsp3) is 0.556. The van der Waals surface area contributed by atoms with Crippen molar-refractivity contribution in [3.63, 3.8) is 0 Å². The Bertz CT molecular complexity index is 840. The molecule has 1 amide bonds. The number of nitrogens with zero attached hydrogens (tertiary/aromatic N) is 2. The molecule has 0 radical (unpaired) electrons. The average Bonchev–Trinajstić information content (AvgIpc) is 3.37. The molecule has 4 heterocycles. The summed E-state index contributed by atoms with van der Waals surface area (Å²) in [5, 5.41) is 3.15. The van der Waals surface area contributed by atoms with Crippen LogP contribution in [0.3, 0.4) is 0 Å². The van der Waals surface area contributed by atoms with Gasteiger partial charge in [0.05, 0.1) is 15.7 Å². The van der Waals surface area contributed by atoms with Crippen LogP contribution in [0.1, 0.15) is 47.8 Å². The number of nitrogens with one attached hydrogen (secondary N) is 1. The monoisotopic (exact) mass is 455 g/mol. The average molecular weight is 455 g/mol. The molecule has 4 fully saturated rings. The third-order valence-electron chi connectivity index (χ3n) is 5.67. The summed E-state index contributed by atoms with van der Waals surface area (Å²) in [6.45, 7) is 2.20. The molecular weight excluding hydrogens is 436 g/mol. The Morgan fingerprint density at radius 2 is 2.04 bits per heavy atom. The maximum Gasteiger partial charge on any atom is 0.254 e. The maximum atomic E-state index is 14.0. The Morgan fingerprint density at radius 1 is 1.28 bits per heavy atom. The zero-order chi connectivity index (χ0) is 17.1. The zero-order valence-electron chi connectivity index (χ0n) is 13.7. The minimum Gasteiger partial charge on any atom is -0.440 e. The van der Waals surface area contributed by atoms with Gasteiger partial charge in [0, 0.05) is 12.0 Å². The molecule has 2 atom stereocenters. The van der Waals surface area contributed by atoms with Crippen molar-refractivity contribution in [2.75, 3.05) is 13.1 Å². The van der Waals surface area contributed by atoms with Crippen LogP contribution in [-0.4, -0.2) is 39.0 Å². The number of oxazole rings is 1. The van der Waals surface area contributed by atoms with Gasteiger partial charge in [-0.3, -0.25) is 9.69 Å². The fourth-order valence-corrected chi connectivity index (χ4v) is 5.41. The lowest BCUT2D eigenvalue weighted by Gasteiger charge is -2.48. The van der Waals surface area contributed by atoms with Crippen LogP contribution in [0.15, 0.2) is 16.5 Å². The minimum atomic E-state index is -0.462. The topological polar surface area (TPSA) is 58.4 Å². The molecule has 132 valence electrons. The molecule has 1 aromatic heterocycles. The molecule has 0 spiro atoms. The highest BCUT2D eigenvalue weighted by Crippen LogP contribution is 2.41. The van der Waals surface area contributed by atoms with E-state index in [1.807, 2.05) is 0 Å². The van der Waals surface area contributed by atoms with E-state index in [0.717, 1.165) is 38.8 Å². The van der Waals surface area contributed by atoms with Gasteiger partial charge in [-0.25, -0.2) is 9.37 Å². The fourth-order valence-electron chi connectivity index (χ4n) is 4.08. The molecule has 2 bridgehead atoms. The number of hydrogen-bond acceptors (Lipinski definition) is 4. The minimum absolute atomic E-state index is 0.101. The Labute approximate surface area is 158 Å². The first-order chi connectivity index (χ1) is 12.1. The SMILES string of the molecule is O=C(NC1C2CCN(CC2)C1I)c1cc(F)cc2oc(C3CC3)nc12. The maximum absolute atomic E-state index is 14.0. The molecule has 1 aromatic carbocycles. The van der Waals surface area contributed by atoms with Crippen molar-refractivity contribution in [1.82, 2.24) is 15.2 Å². The summed E-state index contributed by atoms with van der Waals surface area (Å²) < 4.78 is 20.0. The number of carbonyl (C=O) groups excluding carboxylic acids is 1. The molecule has 1 aliphatic carbocycles. The molecule has 5 nitrogen and oxygen atoms in total. The van der Waals surface area contributed by atoms with Crippen LogP contribution in [0.2, 0.25) is 0 Å². The van der Waals surface area contributed by atoms with Gasteiger partial charge >= 0.3 is 0 Å². The predicted molar refractivity (Wildman–Crippen MR) is 99.3 cm³/mol. The van der Waals surface area contributed by atoms with Crippen LogP contribution in [-0.2, 0) is 0 Å². The summed E-state index contributed by atoms with van der Waals surface area (Å²) in [5.41, 5.74) is 1.13. The van der Waals surface area contributed by atoms with Gasteiger partial charge in [0.1, 0.15) is 11.3 Å². The second-order valence-corrected chi connectivity index (χ2v) is 8.65. The standard InChI is InChI=1S/C18H19FIN3O2/c19-11-7-12(15-13(8-11)25-18(22-15)10-1-2-10)17(24)21-14-9-3-5-23(6-4-9)16(14)20/h7-10,14,16H,1-6H2,(H,21,24). The van der Waals surface area contributed by atoms with Crippen LogP contribution >= 0.6 is 22.6 Å². The number of rotatable bonds is 3. The lowest BCUT2D eigenvalue weighted by molar-refractivity contribution is 0.0554. The van der Waals surface area contributed by atoms with E-state index in [1.54, 1.807) is 0 Å². The Kier molecular flexibility index (Phi) is 3.78. The summed E-state index contributed by atoms with van der Waals surface area (Å²) in [5.74, 6) is 0.743. The molecule has 3 saturated heterocycles. The zero-order valence-corrected chi connectivity index (χ0v) is 15.8. The van der Waals surface area contributed by atoms with Crippen molar-refractivity contribution < 1.29 is 13.6 Å². The molecular formula is C18H19FIN3O2. The van der Waals surface area contributed by atoms with E-state index in [0.29, 0.717) is 28.8 Å². The van der Waals surface area contributed by atoms with Crippen molar-refractivity contribution in [3.05, 3.63) is 29.4 Å². The van der Waals surface area contributed by atoms with Crippen molar-refractivity contribution in [1.29, 1.82) is 0 Å². The molecule has 2 aromatic rings. The van der Waals surface area contributed by atoms with Crippen LogP contribution in [0.4, 0.5) is 4.39 Å². The van der Waals surface area contributed by atoms with E-state index in [1.165, 1.54) is 12.1 Å². The first-order valence-corrected chi connectivity index (χ1v) is 10.1. The predicted octanol–water partition coefficient (Wildman–Crippen LogP) is 3.43. The molecule has 25 heavy (non-hydrogen) atoms. The van der Waals surface area contributed by atoms with Gasteiger partial charge in [-0.15, -0.1) is 0 Å². The van der Waals surface area contributed by atoms with E-state index in [9.17, 15) is 9.18 Å². The Balaban J connectivity index is 1.46. The molecule has 3 aliphatic heterocycles. The number of benzene rings is 1. The van der Waals surface area contributed by atoms with E-state index < -0.39 is 5.82 Å². The number of alkyl halides is 1.